The first-order valence-electron chi connectivity index (χ1n) is 12.1. The summed E-state index contributed by atoms with van der Waals surface area (Å²) in [5.41, 5.74) is -0.321. The van der Waals surface area contributed by atoms with Gasteiger partial charge in [-0.3, -0.25) is 19.3 Å². The van der Waals surface area contributed by atoms with Crippen LogP contribution in [-0.4, -0.2) is 47.7 Å². The summed E-state index contributed by atoms with van der Waals surface area (Å²) in [6.07, 6.45) is 6.92. The predicted octanol–water partition coefficient (Wildman–Crippen LogP) is 3.64. The molecule has 0 bridgehead atoms. The van der Waals surface area contributed by atoms with E-state index in [1.54, 1.807) is 6.92 Å². The summed E-state index contributed by atoms with van der Waals surface area (Å²) in [5.74, 6) is 2.10. The maximum atomic E-state index is 13.7. The molecule has 0 aromatic rings. The van der Waals surface area contributed by atoms with Gasteiger partial charge >= 0.3 is 5.97 Å². The van der Waals surface area contributed by atoms with Crippen LogP contribution in [0.15, 0.2) is 0 Å². The number of nitrogens with zero attached hydrogens (tertiary/aromatic N) is 1. The normalized spacial score (nSPS) is 50.3. The molecular weight excluding hydrogens is 378 g/mol. The van der Waals surface area contributed by atoms with Crippen molar-refractivity contribution in [2.24, 2.45) is 40.4 Å². The Labute approximate surface area is 180 Å². The number of rotatable bonds is 3. The molecule has 0 radical (unpaired) electrons. The van der Waals surface area contributed by atoms with Gasteiger partial charge in [-0.2, -0.15) is 0 Å². The summed E-state index contributed by atoms with van der Waals surface area (Å²) >= 11 is 0. The van der Waals surface area contributed by atoms with Crippen LogP contribution in [0, 0.1) is 40.4 Å². The minimum absolute atomic E-state index is 0.0438. The maximum absolute atomic E-state index is 13.7. The van der Waals surface area contributed by atoms with Crippen molar-refractivity contribution in [1.82, 2.24) is 4.90 Å². The first-order chi connectivity index (χ1) is 14.2. The van der Waals surface area contributed by atoms with Crippen molar-refractivity contribution in [3.05, 3.63) is 0 Å². The number of ether oxygens (including phenoxy) is 1. The van der Waals surface area contributed by atoms with Crippen LogP contribution in [0.3, 0.4) is 0 Å². The fraction of sp³-hybridized carbons (Fsp3) is 0.880. The first kappa shape index (κ1) is 20.7. The van der Waals surface area contributed by atoms with Crippen molar-refractivity contribution in [2.45, 2.75) is 84.8 Å². The van der Waals surface area contributed by atoms with Gasteiger partial charge in [0.15, 0.2) is 0 Å². The van der Waals surface area contributed by atoms with E-state index in [0.717, 1.165) is 51.6 Å². The van der Waals surface area contributed by atoms with Crippen LogP contribution in [-0.2, 0) is 19.1 Å². The molecule has 5 rings (SSSR count). The molecule has 30 heavy (non-hydrogen) atoms. The van der Waals surface area contributed by atoms with E-state index >= 15 is 0 Å². The van der Waals surface area contributed by atoms with Crippen molar-refractivity contribution < 1.29 is 19.1 Å². The number of esters is 1. The van der Waals surface area contributed by atoms with Crippen LogP contribution in [0.5, 0.6) is 0 Å². The van der Waals surface area contributed by atoms with Crippen LogP contribution >= 0.6 is 0 Å². The molecule has 0 aromatic heterocycles. The fourth-order valence-corrected chi connectivity index (χ4v) is 8.74. The molecule has 5 heteroatoms. The molecule has 0 amide bonds. The number of hydrogen-bond donors (Lipinski definition) is 0. The van der Waals surface area contributed by atoms with Gasteiger partial charge in [0.1, 0.15) is 17.7 Å². The SMILES string of the molecule is CC(=O)O[C@H]1CC[C@@]2(C)[C@@H](CC[C@@H]3[C@@H]2CC(=O)[C@@]2(C)[C@H]3C[C@H](N3CC3)[C@@H]2C(C)=O)C1. The zero-order chi connectivity index (χ0) is 21.4. The number of carbonyl (C=O) groups is 3. The van der Waals surface area contributed by atoms with Crippen LogP contribution in [0.1, 0.15) is 72.6 Å². The molecule has 0 N–H and O–H groups in total. The lowest BCUT2D eigenvalue weighted by molar-refractivity contribution is -0.167. The quantitative estimate of drug-likeness (QED) is 0.520. The second kappa shape index (κ2) is 6.88. The maximum Gasteiger partial charge on any atom is 0.302 e. The van der Waals surface area contributed by atoms with Crippen LogP contribution in [0.25, 0.3) is 0 Å². The molecule has 5 aliphatic rings. The molecule has 166 valence electrons. The predicted molar refractivity (Wildman–Crippen MR) is 113 cm³/mol. The number of Topliss-reactive ketones (excluding diaryl/α,β-unsaturated/α-hetero) is 2. The summed E-state index contributed by atoms with van der Waals surface area (Å²) < 4.78 is 5.57. The van der Waals surface area contributed by atoms with Crippen molar-refractivity contribution >= 4 is 17.5 Å². The van der Waals surface area contributed by atoms with Gasteiger partial charge in [-0.15, -0.1) is 0 Å². The molecule has 1 saturated heterocycles. The van der Waals surface area contributed by atoms with Crippen molar-refractivity contribution in [3.63, 3.8) is 0 Å². The van der Waals surface area contributed by atoms with E-state index in [9.17, 15) is 14.4 Å². The molecule has 5 fully saturated rings. The topological polar surface area (TPSA) is 63.5 Å². The summed E-state index contributed by atoms with van der Waals surface area (Å²) in [6, 6.07) is 0.269. The largest absolute Gasteiger partial charge is 0.463 e. The number of hydrogen-bond acceptors (Lipinski definition) is 5. The Bertz CT molecular complexity index is 775. The zero-order valence-electron chi connectivity index (χ0n) is 19.0. The van der Waals surface area contributed by atoms with Gasteiger partial charge in [0.25, 0.3) is 0 Å². The van der Waals surface area contributed by atoms with Crippen molar-refractivity contribution in [3.8, 4) is 0 Å². The van der Waals surface area contributed by atoms with Crippen molar-refractivity contribution in [2.75, 3.05) is 13.1 Å². The summed E-state index contributed by atoms with van der Waals surface area (Å²) in [6.45, 7) is 9.92. The Morgan fingerprint density at radius 1 is 1.03 bits per heavy atom. The Hall–Kier alpha value is -1.23. The lowest BCUT2D eigenvalue weighted by atomic mass is 9.44. The Morgan fingerprint density at radius 3 is 2.40 bits per heavy atom. The zero-order valence-corrected chi connectivity index (χ0v) is 19.0. The minimum Gasteiger partial charge on any atom is -0.463 e. The van der Waals surface area contributed by atoms with E-state index in [2.05, 4.69) is 18.7 Å². The Morgan fingerprint density at radius 2 is 1.77 bits per heavy atom. The van der Waals surface area contributed by atoms with Crippen LogP contribution in [0.4, 0.5) is 0 Å². The molecule has 1 aliphatic heterocycles. The molecule has 4 saturated carbocycles. The van der Waals surface area contributed by atoms with E-state index in [-0.39, 0.29) is 35.2 Å². The molecule has 4 aliphatic carbocycles. The van der Waals surface area contributed by atoms with Gasteiger partial charge in [0, 0.05) is 43.8 Å². The highest BCUT2D eigenvalue weighted by atomic mass is 16.5. The monoisotopic (exact) mass is 415 g/mol. The number of ketones is 2. The Balaban J connectivity index is 1.43. The van der Waals surface area contributed by atoms with Gasteiger partial charge in [-0.05, 0) is 74.5 Å². The molecule has 5 nitrogen and oxygen atoms in total. The molecule has 0 unspecified atom stereocenters. The van der Waals surface area contributed by atoms with Crippen LogP contribution in [0.2, 0.25) is 0 Å². The van der Waals surface area contributed by atoms with E-state index in [1.165, 1.54) is 6.92 Å². The molecule has 1 heterocycles. The number of carbonyl (C=O) groups excluding carboxylic acids is 3. The average Bonchev–Trinajstić information content (AvgIpc) is 3.45. The highest BCUT2D eigenvalue weighted by molar-refractivity contribution is 5.94. The van der Waals surface area contributed by atoms with Gasteiger partial charge in [-0.1, -0.05) is 13.8 Å². The third kappa shape index (κ3) is 2.87. The second-order valence-corrected chi connectivity index (χ2v) is 11.5. The molecular formula is C25H37NO4. The van der Waals surface area contributed by atoms with Crippen molar-refractivity contribution in [1.29, 1.82) is 0 Å². The van der Waals surface area contributed by atoms with E-state index < -0.39 is 5.41 Å². The average molecular weight is 416 g/mol. The van der Waals surface area contributed by atoms with E-state index in [1.807, 2.05) is 0 Å². The third-order valence-electron chi connectivity index (χ3n) is 10.2. The van der Waals surface area contributed by atoms with Gasteiger partial charge in [0.05, 0.1) is 0 Å². The summed E-state index contributed by atoms with van der Waals surface area (Å²) in [5, 5.41) is 0. The smallest absolute Gasteiger partial charge is 0.302 e. The lowest BCUT2D eigenvalue weighted by Crippen LogP contribution is -2.58. The first-order valence-corrected chi connectivity index (χ1v) is 12.1. The summed E-state index contributed by atoms with van der Waals surface area (Å²) in [7, 11) is 0. The lowest BCUT2D eigenvalue weighted by Gasteiger charge is -2.60. The standard InChI is InChI=1S/C25H37NO4/c1-14(27)23-21(26-9-10-26)12-20-18-6-5-16-11-17(30-15(2)28)7-8-24(16,3)19(18)13-22(29)25(20,23)4/h16-21,23H,5-13H2,1-4H3/t16-,17-,18+,19-,20-,21-,23-,24-,25+/m0/s1. The van der Waals surface area contributed by atoms with Gasteiger partial charge < -0.3 is 4.74 Å². The molecule has 9 atom stereocenters. The molecule has 0 spiro atoms. The fourth-order valence-electron chi connectivity index (χ4n) is 8.74. The second-order valence-electron chi connectivity index (χ2n) is 11.5. The minimum atomic E-state index is -0.474. The van der Waals surface area contributed by atoms with Crippen LogP contribution < -0.4 is 0 Å². The van der Waals surface area contributed by atoms with E-state index in [0.29, 0.717) is 35.9 Å². The Kier molecular flexibility index (Phi) is 4.74. The number of fused-ring (bicyclic) bond motifs is 5. The van der Waals surface area contributed by atoms with Gasteiger partial charge in [-0.25, -0.2) is 0 Å². The molecule has 0 aromatic carbocycles. The van der Waals surface area contributed by atoms with Gasteiger partial charge in [0.2, 0.25) is 0 Å². The highest BCUT2D eigenvalue weighted by Crippen LogP contribution is 2.67. The van der Waals surface area contributed by atoms with E-state index in [4.69, 9.17) is 4.74 Å². The third-order valence-corrected chi connectivity index (χ3v) is 10.2. The highest BCUT2D eigenvalue weighted by Gasteiger charge is 2.67. The summed E-state index contributed by atoms with van der Waals surface area (Å²) in [4.78, 5) is 40.4.